The molecule has 19 heavy (non-hydrogen) atoms. The predicted octanol–water partition coefficient (Wildman–Crippen LogP) is 1.10. The first-order valence-electron chi connectivity index (χ1n) is 5.99. The van der Waals surface area contributed by atoms with Crippen LogP contribution >= 0.6 is 7.37 Å². The van der Waals surface area contributed by atoms with Crippen LogP contribution in [0.1, 0.15) is 27.7 Å². The number of carbonyl (C=O) groups is 2. The van der Waals surface area contributed by atoms with Gasteiger partial charge in [0.1, 0.15) is 6.10 Å². The van der Waals surface area contributed by atoms with Crippen LogP contribution < -0.4 is 5.73 Å². The molecule has 3 unspecified atom stereocenters. The molecule has 0 bridgehead atoms. The second-order valence-corrected chi connectivity index (χ2v) is 6.86. The fraction of sp³-hybridized carbons (Fsp3) is 0.818. The van der Waals surface area contributed by atoms with Crippen LogP contribution in [0.25, 0.3) is 0 Å². The van der Waals surface area contributed by atoms with Crippen molar-refractivity contribution in [1.82, 2.24) is 0 Å². The van der Waals surface area contributed by atoms with Crippen molar-refractivity contribution < 1.29 is 28.2 Å². The highest BCUT2D eigenvalue weighted by Gasteiger charge is 2.29. The molecular weight excluding hydrogens is 273 g/mol. The molecule has 0 aromatic carbocycles. The van der Waals surface area contributed by atoms with E-state index in [4.69, 9.17) is 19.7 Å². The minimum Gasteiger partial charge on any atom is -0.462 e. The van der Waals surface area contributed by atoms with Gasteiger partial charge in [0, 0.05) is 26.6 Å². The van der Waals surface area contributed by atoms with Crippen molar-refractivity contribution in [3.8, 4) is 0 Å². The topological polar surface area (TPSA) is 105 Å². The summed E-state index contributed by atoms with van der Waals surface area (Å²) in [5.41, 5.74) is 5.40. The lowest BCUT2D eigenvalue weighted by atomic mass is 10.5. The third-order valence-electron chi connectivity index (χ3n) is 2.04. The van der Waals surface area contributed by atoms with Crippen LogP contribution in [-0.2, 0) is 28.2 Å². The van der Waals surface area contributed by atoms with Crippen molar-refractivity contribution in [1.29, 1.82) is 0 Å². The van der Waals surface area contributed by atoms with Gasteiger partial charge in [0.05, 0.1) is 6.16 Å². The predicted molar refractivity (Wildman–Crippen MR) is 69.9 cm³/mol. The number of hydrogen-bond donors (Lipinski definition) is 1. The molecule has 0 fully saturated rings. The van der Waals surface area contributed by atoms with Crippen molar-refractivity contribution in [2.45, 2.75) is 40.1 Å². The van der Waals surface area contributed by atoms with E-state index in [1.54, 1.807) is 6.92 Å². The fourth-order valence-electron chi connectivity index (χ4n) is 1.62. The van der Waals surface area contributed by atoms with E-state index in [-0.39, 0.29) is 18.9 Å². The number of nitrogens with two attached hydrogens (primary N) is 1. The highest BCUT2D eigenvalue weighted by molar-refractivity contribution is 7.59. The Kier molecular flexibility index (Phi) is 7.90. The number of ether oxygens (including phenoxy) is 2. The molecule has 0 rings (SSSR count). The molecule has 0 saturated heterocycles. The summed E-state index contributed by atoms with van der Waals surface area (Å²) in [6, 6.07) is 0. The Bertz CT molecular complexity index is 331. The second kappa shape index (κ2) is 8.30. The van der Waals surface area contributed by atoms with Crippen molar-refractivity contribution in [3.63, 3.8) is 0 Å². The van der Waals surface area contributed by atoms with Gasteiger partial charge in [-0.05, 0) is 13.8 Å². The van der Waals surface area contributed by atoms with E-state index in [0.29, 0.717) is 0 Å². The normalized spacial score (nSPS) is 17.1. The Morgan fingerprint density at radius 1 is 1.16 bits per heavy atom. The molecular formula is C11H22NO6P. The minimum absolute atomic E-state index is 0.0371. The third kappa shape index (κ3) is 8.75. The Labute approximate surface area is 113 Å². The average molecular weight is 295 g/mol. The summed E-state index contributed by atoms with van der Waals surface area (Å²) in [7, 11) is -3.12. The van der Waals surface area contributed by atoms with Crippen molar-refractivity contribution in [2.75, 3.05) is 18.9 Å². The first-order chi connectivity index (χ1) is 8.68. The van der Waals surface area contributed by atoms with Crippen molar-refractivity contribution in [3.05, 3.63) is 0 Å². The highest BCUT2D eigenvalue weighted by Crippen LogP contribution is 2.48. The van der Waals surface area contributed by atoms with Gasteiger partial charge < -0.3 is 15.2 Å². The van der Waals surface area contributed by atoms with Crippen LogP contribution in [0.2, 0.25) is 0 Å². The number of carbonyl (C=O) groups excluding carboxylic acids is 2. The maximum absolute atomic E-state index is 12.5. The van der Waals surface area contributed by atoms with Gasteiger partial charge >= 0.3 is 11.9 Å². The zero-order valence-electron chi connectivity index (χ0n) is 11.8. The maximum atomic E-state index is 12.5. The van der Waals surface area contributed by atoms with Gasteiger partial charge in [-0.25, -0.2) is 0 Å². The fourth-order valence-corrected chi connectivity index (χ4v) is 3.83. The summed E-state index contributed by atoms with van der Waals surface area (Å²) in [4.78, 5) is 21.6. The molecule has 0 aliphatic heterocycles. The molecule has 7 nitrogen and oxygen atoms in total. The molecule has 3 atom stereocenters. The van der Waals surface area contributed by atoms with Crippen molar-refractivity contribution >= 4 is 19.3 Å². The lowest BCUT2D eigenvalue weighted by Crippen LogP contribution is -2.24. The molecule has 0 radical (unpaired) electrons. The van der Waals surface area contributed by atoms with Gasteiger partial charge in [-0.1, -0.05) is 0 Å². The minimum atomic E-state index is -3.12. The standard InChI is InChI=1S/C11H22NO6P/c1-8(16-9(2)13)7-19(15,6-5-12)18-11(4)17-10(3)14/h8,11H,5-7,12H2,1-4H3. The molecule has 0 aromatic rings. The van der Waals surface area contributed by atoms with E-state index in [0.717, 1.165) is 0 Å². The second-order valence-electron chi connectivity index (χ2n) is 4.21. The number of esters is 2. The summed E-state index contributed by atoms with van der Waals surface area (Å²) in [5.74, 6) is -0.986. The number of rotatable bonds is 8. The molecule has 0 aromatic heterocycles. The molecule has 0 saturated carbocycles. The van der Waals surface area contributed by atoms with E-state index in [1.807, 2.05) is 0 Å². The van der Waals surface area contributed by atoms with Crippen LogP contribution in [-0.4, -0.2) is 43.2 Å². The molecule has 0 amide bonds. The molecule has 8 heteroatoms. The summed E-state index contributed by atoms with van der Waals surface area (Å²) in [6.07, 6.45) is -1.32. The van der Waals surface area contributed by atoms with Crippen LogP contribution in [0.5, 0.6) is 0 Å². The summed E-state index contributed by atoms with van der Waals surface area (Å²) < 4.78 is 27.5. The van der Waals surface area contributed by atoms with Crippen molar-refractivity contribution in [2.24, 2.45) is 5.73 Å². The Morgan fingerprint density at radius 3 is 2.11 bits per heavy atom. The summed E-state index contributed by atoms with van der Waals surface area (Å²) >= 11 is 0. The van der Waals surface area contributed by atoms with Crippen LogP contribution in [0.15, 0.2) is 0 Å². The Balaban J connectivity index is 4.60. The lowest BCUT2D eigenvalue weighted by molar-refractivity contribution is -0.158. The van der Waals surface area contributed by atoms with Gasteiger partial charge in [-0.2, -0.15) is 0 Å². The highest BCUT2D eigenvalue weighted by atomic mass is 31.2. The largest absolute Gasteiger partial charge is 0.462 e. The summed E-state index contributed by atoms with van der Waals surface area (Å²) in [5, 5.41) is 0. The zero-order chi connectivity index (χ0) is 15.1. The van der Waals surface area contributed by atoms with E-state index in [1.165, 1.54) is 20.8 Å². The van der Waals surface area contributed by atoms with Gasteiger partial charge in [0.15, 0.2) is 0 Å². The quantitative estimate of drug-likeness (QED) is 0.406. The molecule has 0 aliphatic carbocycles. The monoisotopic (exact) mass is 295 g/mol. The van der Waals surface area contributed by atoms with Gasteiger partial charge in [-0.15, -0.1) is 0 Å². The first kappa shape index (κ1) is 18.1. The van der Waals surface area contributed by atoms with Crippen LogP contribution in [0.4, 0.5) is 0 Å². The van der Waals surface area contributed by atoms with E-state index in [2.05, 4.69) is 0 Å². The van der Waals surface area contributed by atoms with E-state index >= 15 is 0 Å². The van der Waals surface area contributed by atoms with E-state index < -0.39 is 31.7 Å². The van der Waals surface area contributed by atoms with E-state index in [9.17, 15) is 14.2 Å². The molecule has 2 N–H and O–H groups in total. The molecule has 0 aliphatic rings. The smallest absolute Gasteiger partial charge is 0.304 e. The van der Waals surface area contributed by atoms with Gasteiger partial charge in [0.25, 0.3) is 0 Å². The van der Waals surface area contributed by atoms with Gasteiger partial charge in [0.2, 0.25) is 13.7 Å². The SMILES string of the molecule is CC(=O)OC(C)CP(=O)(CCN)OC(C)OC(C)=O. The van der Waals surface area contributed by atoms with Gasteiger partial charge in [-0.3, -0.25) is 18.7 Å². The van der Waals surface area contributed by atoms with Crippen LogP contribution in [0.3, 0.4) is 0 Å². The maximum Gasteiger partial charge on any atom is 0.304 e. The Morgan fingerprint density at radius 2 is 1.68 bits per heavy atom. The average Bonchev–Trinajstić information content (AvgIpc) is 2.12. The summed E-state index contributed by atoms with van der Waals surface area (Å²) in [6.45, 7) is 5.75. The third-order valence-corrected chi connectivity index (χ3v) is 4.74. The zero-order valence-corrected chi connectivity index (χ0v) is 12.6. The Hall–Kier alpha value is -0.910. The molecule has 0 spiro atoms. The molecule has 112 valence electrons. The first-order valence-corrected chi connectivity index (χ1v) is 7.99. The lowest BCUT2D eigenvalue weighted by Gasteiger charge is -2.24. The number of hydrogen-bond acceptors (Lipinski definition) is 7. The molecule has 0 heterocycles. The van der Waals surface area contributed by atoms with Crippen LogP contribution in [0, 0.1) is 0 Å².